The van der Waals surface area contributed by atoms with Gasteiger partial charge in [0, 0.05) is 13.1 Å². The quantitative estimate of drug-likeness (QED) is 0.635. The topological polar surface area (TPSA) is 29.3 Å². The number of benzene rings is 2. The average Bonchev–Trinajstić information content (AvgIpc) is 2.98. The molecular formula is C20H20F2N2O. The van der Waals surface area contributed by atoms with Gasteiger partial charge in [-0.05, 0) is 31.2 Å². The first-order chi connectivity index (χ1) is 12.1. The number of aromatic nitrogens is 1. The highest BCUT2D eigenvalue weighted by Gasteiger charge is 2.18. The molecule has 3 aromatic rings. The van der Waals surface area contributed by atoms with Crippen molar-refractivity contribution >= 4 is 0 Å². The molecule has 0 bridgehead atoms. The Morgan fingerprint density at radius 1 is 1.00 bits per heavy atom. The van der Waals surface area contributed by atoms with E-state index in [9.17, 15) is 8.78 Å². The summed E-state index contributed by atoms with van der Waals surface area (Å²) in [6.45, 7) is 6.07. The van der Waals surface area contributed by atoms with Gasteiger partial charge >= 0.3 is 0 Å². The summed E-state index contributed by atoms with van der Waals surface area (Å²) >= 11 is 0. The Morgan fingerprint density at radius 2 is 1.76 bits per heavy atom. The molecule has 1 aromatic heterocycles. The van der Waals surface area contributed by atoms with Crippen LogP contribution in [0.2, 0.25) is 0 Å². The molecule has 0 atom stereocenters. The smallest absolute Gasteiger partial charge is 0.229 e. The van der Waals surface area contributed by atoms with Gasteiger partial charge in [0.25, 0.3) is 0 Å². The molecule has 0 aliphatic heterocycles. The number of rotatable bonds is 6. The minimum atomic E-state index is -0.938. The van der Waals surface area contributed by atoms with Crippen LogP contribution in [-0.4, -0.2) is 16.4 Å². The van der Waals surface area contributed by atoms with Crippen molar-refractivity contribution in [2.24, 2.45) is 0 Å². The van der Waals surface area contributed by atoms with Crippen molar-refractivity contribution in [2.45, 2.75) is 26.9 Å². The largest absolute Gasteiger partial charge is 0.441 e. The highest BCUT2D eigenvalue weighted by Crippen LogP contribution is 2.26. The molecule has 0 fully saturated rings. The van der Waals surface area contributed by atoms with E-state index >= 15 is 0 Å². The third-order valence-corrected chi connectivity index (χ3v) is 4.14. The summed E-state index contributed by atoms with van der Waals surface area (Å²) in [6, 6.07) is 14.1. The van der Waals surface area contributed by atoms with Crippen LogP contribution in [0.15, 0.2) is 52.9 Å². The van der Waals surface area contributed by atoms with Gasteiger partial charge in [-0.15, -0.1) is 0 Å². The van der Waals surface area contributed by atoms with Crippen LogP contribution in [0.5, 0.6) is 0 Å². The molecule has 0 aliphatic rings. The second kappa shape index (κ2) is 7.57. The van der Waals surface area contributed by atoms with E-state index in [0.717, 1.165) is 24.8 Å². The first-order valence-electron chi connectivity index (χ1n) is 8.25. The van der Waals surface area contributed by atoms with E-state index < -0.39 is 11.6 Å². The number of halogens is 2. The second-order valence-corrected chi connectivity index (χ2v) is 5.91. The van der Waals surface area contributed by atoms with Crippen LogP contribution in [0.25, 0.3) is 11.5 Å². The van der Waals surface area contributed by atoms with Crippen LogP contribution in [0.1, 0.15) is 23.9 Å². The summed E-state index contributed by atoms with van der Waals surface area (Å²) in [4.78, 5) is 6.61. The molecule has 1 heterocycles. The third kappa shape index (κ3) is 3.94. The molecule has 3 rings (SSSR count). The number of hydrogen-bond donors (Lipinski definition) is 0. The van der Waals surface area contributed by atoms with E-state index in [4.69, 9.17) is 4.42 Å². The maximum atomic E-state index is 14.0. The maximum Gasteiger partial charge on any atom is 0.229 e. The molecular weight excluding hydrogens is 322 g/mol. The van der Waals surface area contributed by atoms with Crippen molar-refractivity contribution < 1.29 is 13.2 Å². The Bertz CT molecular complexity index is 846. The third-order valence-electron chi connectivity index (χ3n) is 4.14. The Labute approximate surface area is 145 Å². The summed E-state index contributed by atoms with van der Waals surface area (Å²) in [5.74, 6) is -1.12. The Hall–Kier alpha value is -2.53. The molecule has 0 N–H and O–H groups in total. The van der Waals surface area contributed by atoms with Crippen LogP contribution >= 0.6 is 0 Å². The van der Waals surface area contributed by atoms with E-state index in [1.807, 2.05) is 18.2 Å². The average molecular weight is 342 g/mol. The van der Waals surface area contributed by atoms with Gasteiger partial charge in [0.1, 0.15) is 5.76 Å². The van der Waals surface area contributed by atoms with Crippen LogP contribution in [0, 0.1) is 18.6 Å². The lowest BCUT2D eigenvalue weighted by Crippen LogP contribution is -2.22. The van der Waals surface area contributed by atoms with Gasteiger partial charge < -0.3 is 4.42 Å². The lowest BCUT2D eigenvalue weighted by Gasteiger charge is -2.19. The van der Waals surface area contributed by atoms with Crippen LogP contribution in [0.4, 0.5) is 8.78 Å². The van der Waals surface area contributed by atoms with E-state index in [0.29, 0.717) is 12.3 Å². The van der Waals surface area contributed by atoms with E-state index in [2.05, 4.69) is 28.9 Å². The summed E-state index contributed by atoms with van der Waals surface area (Å²) in [6.07, 6.45) is 0. The molecule has 0 unspecified atom stereocenters. The number of nitrogens with zero attached hydrogens (tertiary/aromatic N) is 2. The van der Waals surface area contributed by atoms with Gasteiger partial charge in [-0.1, -0.05) is 43.3 Å². The highest BCUT2D eigenvalue weighted by atomic mass is 19.2. The van der Waals surface area contributed by atoms with Crippen molar-refractivity contribution in [2.75, 3.05) is 6.54 Å². The van der Waals surface area contributed by atoms with Gasteiger partial charge in [0.15, 0.2) is 11.6 Å². The van der Waals surface area contributed by atoms with Crippen LogP contribution in [-0.2, 0) is 13.1 Å². The zero-order valence-electron chi connectivity index (χ0n) is 14.3. The monoisotopic (exact) mass is 342 g/mol. The van der Waals surface area contributed by atoms with Gasteiger partial charge in [0.05, 0.1) is 11.3 Å². The van der Waals surface area contributed by atoms with Gasteiger partial charge in [-0.3, -0.25) is 4.90 Å². The van der Waals surface area contributed by atoms with E-state index in [1.165, 1.54) is 17.7 Å². The fourth-order valence-corrected chi connectivity index (χ4v) is 2.69. The van der Waals surface area contributed by atoms with Gasteiger partial charge in [0.2, 0.25) is 5.89 Å². The summed E-state index contributed by atoms with van der Waals surface area (Å²) in [5, 5.41) is 0. The second-order valence-electron chi connectivity index (χ2n) is 5.91. The Balaban J connectivity index is 1.81. The number of oxazole rings is 1. The van der Waals surface area contributed by atoms with Crippen molar-refractivity contribution in [1.29, 1.82) is 0 Å². The fourth-order valence-electron chi connectivity index (χ4n) is 2.69. The SMILES string of the molecule is CCN(Cc1ccccc1)Cc1nc(-c2cccc(F)c2F)oc1C. The highest BCUT2D eigenvalue weighted by molar-refractivity contribution is 5.54. The first-order valence-corrected chi connectivity index (χ1v) is 8.25. The molecule has 0 radical (unpaired) electrons. The predicted molar refractivity (Wildman–Crippen MR) is 92.8 cm³/mol. The first kappa shape index (κ1) is 17.3. The molecule has 5 heteroatoms. The van der Waals surface area contributed by atoms with Crippen LogP contribution < -0.4 is 0 Å². The minimum absolute atomic E-state index is 0.0421. The summed E-state index contributed by atoms with van der Waals surface area (Å²) in [5.41, 5.74) is 1.98. The zero-order valence-corrected chi connectivity index (χ0v) is 14.3. The molecule has 2 aromatic carbocycles. The van der Waals surface area contributed by atoms with E-state index in [1.54, 1.807) is 6.92 Å². The summed E-state index contributed by atoms with van der Waals surface area (Å²) < 4.78 is 33.0. The zero-order chi connectivity index (χ0) is 17.8. The maximum absolute atomic E-state index is 14.0. The molecule has 0 aliphatic carbocycles. The lowest BCUT2D eigenvalue weighted by molar-refractivity contribution is 0.267. The summed E-state index contributed by atoms with van der Waals surface area (Å²) in [7, 11) is 0. The van der Waals surface area contributed by atoms with Crippen molar-refractivity contribution in [3.63, 3.8) is 0 Å². The molecule has 3 nitrogen and oxygen atoms in total. The molecule has 0 amide bonds. The van der Waals surface area contributed by atoms with Gasteiger partial charge in [-0.2, -0.15) is 0 Å². The molecule has 0 saturated carbocycles. The van der Waals surface area contributed by atoms with Crippen molar-refractivity contribution in [3.05, 3.63) is 77.2 Å². The number of hydrogen-bond acceptors (Lipinski definition) is 3. The minimum Gasteiger partial charge on any atom is -0.441 e. The van der Waals surface area contributed by atoms with Gasteiger partial charge in [-0.25, -0.2) is 13.8 Å². The normalized spacial score (nSPS) is 11.2. The Kier molecular flexibility index (Phi) is 5.24. The standard InChI is InChI=1S/C20H20F2N2O/c1-3-24(12-15-8-5-4-6-9-15)13-18-14(2)25-20(23-18)16-10-7-11-17(21)19(16)22/h4-11H,3,12-13H2,1-2H3. The number of aryl methyl sites for hydroxylation is 1. The fraction of sp³-hybridized carbons (Fsp3) is 0.250. The van der Waals surface area contributed by atoms with Crippen LogP contribution in [0.3, 0.4) is 0 Å². The molecule has 0 spiro atoms. The lowest BCUT2D eigenvalue weighted by atomic mass is 10.2. The molecule has 0 saturated heterocycles. The molecule has 25 heavy (non-hydrogen) atoms. The Morgan fingerprint density at radius 3 is 2.48 bits per heavy atom. The predicted octanol–water partition coefficient (Wildman–Crippen LogP) is 4.95. The van der Waals surface area contributed by atoms with Crippen molar-refractivity contribution in [3.8, 4) is 11.5 Å². The molecule has 130 valence electrons. The van der Waals surface area contributed by atoms with Crippen molar-refractivity contribution in [1.82, 2.24) is 9.88 Å². The van der Waals surface area contributed by atoms with E-state index in [-0.39, 0.29) is 11.5 Å².